The number of carbonyl (C=O) groups is 1. The highest BCUT2D eigenvalue weighted by Gasteiger charge is 2.40. The topological polar surface area (TPSA) is 77.4 Å². The highest BCUT2D eigenvalue weighted by atomic mass is 16.5. The number of rotatable bonds is 5. The van der Waals surface area contributed by atoms with Crippen LogP contribution in [0.4, 0.5) is 0 Å². The molecule has 5 rings (SSSR count). The van der Waals surface area contributed by atoms with Gasteiger partial charge in [0.2, 0.25) is 0 Å². The van der Waals surface area contributed by atoms with Crippen LogP contribution in [0.5, 0.6) is 0 Å². The first kappa shape index (κ1) is 25.0. The van der Waals surface area contributed by atoms with Gasteiger partial charge in [0, 0.05) is 19.6 Å². The Kier molecular flexibility index (Phi) is 7.71. The monoisotopic (exact) mass is 486 g/mol. The smallest absolute Gasteiger partial charge is 0.251 e. The Morgan fingerprint density at radius 3 is 2.72 bits per heavy atom. The second-order valence-electron chi connectivity index (χ2n) is 10.8. The molecule has 2 aromatic carbocycles. The van der Waals surface area contributed by atoms with Crippen molar-refractivity contribution in [3.8, 4) is 17.2 Å². The van der Waals surface area contributed by atoms with Gasteiger partial charge < -0.3 is 20.3 Å². The van der Waals surface area contributed by atoms with E-state index >= 15 is 0 Å². The minimum absolute atomic E-state index is 0.214. The second kappa shape index (κ2) is 11.1. The third-order valence-corrected chi connectivity index (χ3v) is 8.39. The predicted molar refractivity (Wildman–Crippen MR) is 142 cm³/mol. The Morgan fingerprint density at radius 1 is 1.17 bits per heavy atom. The summed E-state index contributed by atoms with van der Waals surface area (Å²) in [4.78, 5) is 15.1. The van der Waals surface area contributed by atoms with Crippen LogP contribution in [0.2, 0.25) is 0 Å². The summed E-state index contributed by atoms with van der Waals surface area (Å²) in [6.45, 7) is 4.32. The van der Waals surface area contributed by atoms with Crippen molar-refractivity contribution in [3.05, 3.63) is 59.2 Å². The van der Waals surface area contributed by atoms with Crippen LogP contribution in [0.25, 0.3) is 11.1 Å². The zero-order valence-corrected chi connectivity index (χ0v) is 21.4. The van der Waals surface area contributed by atoms with Crippen LogP contribution in [0.15, 0.2) is 42.5 Å². The van der Waals surface area contributed by atoms with Crippen LogP contribution in [0.1, 0.15) is 48.8 Å². The second-order valence-corrected chi connectivity index (χ2v) is 10.8. The van der Waals surface area contributed by atoms with Gasteiger partial charge in [-0.1, -0.05) is 42.5 Å². The fourth-order valence-corrected chi connectivity index (χ4v) is 6.04. The van der Waals surface area contributed by atoms with Crippen molar-refractivity contribution in [2.45, 2.75) is 62.5 Å². The molecule has 2 aromatic rings. The van der Waals surface area contributed by atoms with E-state index in [9.17, 15) is 10.1 Å². The molecule has 2 aliphatic heterocycles. The Hall–Kier alpha value is -2.72. The van der Waals surface area contributed by atoms with Crippen molar-refractivity contribution in [3.63, 3.8) is 0 Å². The van der Waals surface area contributed by atoms with Crippen LogP contribution in [0, 0.1) is 11.3 Å². The first-order valence-corrected chi connectivity index (χ1v) is 13.5. The number of hydrogen-bond donors (Lipinski definition) is 2. The van der Waals surface area contributed by atoms with Crippen molar-refractivity contribution in [1.29, 1.82) is 5.26 Å². The van der Waals surface area contributed by atoms with Gasteiger partial charge in [0.1, 0.15) is 12.1 Å². The lowest BCUT2D eigenvalue weighted by atomic mass is 9.73. The summed E-state index contributed by atoms with van der Waals surface area (Å²) in [7, 11) is 2.23. The maximum atomic E-state index is 12.7. The standard InChI is InChI=1S/C30H38N4O2/c1-34-15-12-30(13-16-34)11-10-24-8-9-25(19-27(24)30)23-6-4-22(5-7-23)18-26(20-31)33-29(35)28-21-32-14-2-3-17-36-28/h4-9,19,26,28,32H,2-3,10-18,21H2,1H3,(H,33,35). The van der Waals surface area contributed by atoms with E-state index in [0.29, 0.717) is 25.0 Å². The van der Waals surface area contributed by atoms with E-state index in [1.54, 1.807) is 5.56 Å². The lowest BCUT2D eigenvalue weighted by molar-refractivity contribution is -0.133. The molecule has 3 aliphatic rings. The Bertz CT molecular complexity index is 1090. The number of hydrogen-bond acceptors (Lipinski definition) is 5. The average Bonchev–Trinajstić information content (AvgIpc) is 3.23. The molecular formula is C30H38N4O2. The summed E-state index contributed by atoms with van der Waals surface area (Å²) in [6.07, 6.45) is 6.90. The summed E-state index contributed by atoms with van der Waals surface area (Å²) >= 11 is 0. The molecule has 36 heavy (non-hydrogen) atoms. The molecule has 0 radical (unpaired) electrons. The van der Waals surface area contributed by atoms with Crippen LogP contribution < -0.4 is 10.6 Å². The molecule has 190 valence electrons. The van der Waals surface area contributed by atoms with Gasteiger partial charge in [-0.2, -0.15) is 5.26 Å². The molecule has 0 aromatic heterocycles. The third kappa shape index (κ3) is 5.49. The summed E-state index contributed by atoms with van der Waals surface area (Å²) in [5.74, 6) is -0.214. The highest BCUT2D eigenvalue weighted by molar-refractivity contribution is 5.81. The molecule has 1 aliphatic carbocycles. The Balaban J connectivity index is 1.24. The summed E-state index contributed by atoms with van der Waals surface area (Å²) in [5, 5.41) is 15.8. The minimum Gasteiger partial charge on any atom is -0.367 e. The number of nitrogens with zero attached hydrogens (tertiary/aromatic N) is 2. The van der Waals surface area contributed by atoms with Gasteiger partial charge in [-0.3, -0.25) is 4.79 Å². The fourth-order valence-electron chi connectivity index (χ4n) is 6.04. The molecule has 2 heterocycles. The molecule has 2 unspecified atom stereocenters. The maximum absolute atomic E-state index is 12.7. The van der Waals surface area contributed by atoms with Crippen molar-refractivity contribution in [2.75, 3.05) is 39.8 Å². The van der Waals surface area contributed by atoms with E-state index in [1.165, 1.54) is 55.5 Å². The van der Waals surface area contributed by atoms with E-state index in [0.717, 1.165) is 24.9 Å². The van der Waals surface area contributed by atoms with Gasteiger partial charge >= 0.3 is 0 Å². The zero-order valence-electron chi connectivity index (χ0n) is 21.4. The molecule has 6 nitrogen and oxygen atoms in total. The fraction of sp³-hybridized carbons (Fsp3) is 0.533. The number of likely N-dealkylation sites (tertiary alicyclic amines) is 1. The number of nitrogens with one attached hydrogen (secondary N) is 2. The summed E-state index contributed by atoms with van der Waals surface area (Å²) in [6, 6.07) is 17.1. The van der Waals surface area contributed by atoms with Gasteiger partial charge in [0.05, 0.1) is 6.07 Å². The average molecular weight is 487 g/mol. The number of amides is 1. The molecule has 0 saturated carbocycles. The lowest BCUT2D eigenvalue weighted by Gasteiger charge is -2.39. The first-order valence-electron chi connectivity index (χ1n) is 13.5. The van der Waals surface area contributed by atoms with E-state index in [1.807, 2.05) is 0 Å². The van der Waals surface area contributed by atoms with Crippen molar-refractivity contribution >= 4 is 5.91 Å². The van der Waals surface area contributed by atoms with Crippen LogP contribution in [-0.4, -0.2) is 62.8 Å². The highest BCUT2D eigenvalue weighted by Crippen LogP contribution is 2.47. The normalized spacial score (nSPS) is 22.7. The van der Waals surface area contributed by atoms with Crippen LogP contribution in [-0.2, 0) is 27.8 Å². The molecule has 0 bridgehead atoms. The van der Waals surface area contributed by atoms with Gasteiger partial charge in [-0.15, -0.1) is 0 Å². The quantitative estimate of drug-likeness (QED) is 0.676. The van der Waals surface area contributed by atoms with Gasteiger partial charge in [0.15, 0.2) is 0 Å². The number of nitriles is 1. The van der Waals surface area contributed by atoms with Gasteiger partial charge in [-0.05, 0) is 98.4 Å². The van der Waals surface area contributed by atoms with Gasteiger partial charge in [-0.25, -0.2) is 0 Å². The van der Waals surface area contributed by atoms with E-state index in [-0.39, 0.29) is 5.91 Å². The number of benzene rings is 2. The number of fused-ring (bicyclic) bond motifs is 2. The molecule has 2 atom stereocenters. The SMILES string of the molecule is CN1CCC2(CCc3ccc(-c4ccc(CC(C#N)NC(=O)C5CNCCCCO5)cc4)cc32)CC1. The molecular weight excluding hydrogens is 448 g/mol. The molecule has 6 heteroatoms. The summed E-state index contributed by atoms with van der Waals surface area (Å²) in [5.41, 5.74) is 6.94. The van der Waals surface area contributed by atoms with Crippen LogP contribution in [0.3, 0.4) is 0 Å². The van der Waals surface area contributed by atoms with Crippen molar-refractivity contribution < 1.29 is 9.53 Å². The van der Waals surface area contributed by atoms with Gasteiger partial charge in [0.25, 0.3) is 5.91 Å². The van der Waals surface area contributed by atoms with E-state index in [4.69, 9.17) is 4.74 Å². The minimum atomic E-state index is -0.582. The Labute approximate surface area is 215 Å². The lowest BCUT2D eigenvalue weighted by Crippen LogP contribution is -2.47. The third-order valence-electron chi connectivity index (χ3n) is 8.39. The number of ether oxygens (including phenoxy) is 1. The number of carbonyl (C=O) groups excluding carboxylic acids is 1. The first-order chi connectivity index (χ1) is 17.6. The van der Waals surface area contributed by atoms with Crippen molar-refractivity contribution in [2.24, 2.45) is 0 Å². The van der Waals surface area contributed by atoms with E-state index < -0.39 is 12.1 Å². The molecule has 1 amide bonds. The zero-order chi connectivity index (χ0) is 25.0. The molecule has 2 saturated heterocycles. The molecule has 1 spiro atoms. The maximum Gasteiger partial charge on any atom is 0.251 e. The largest absolute Gasteiger partial charge is 0.367 e. The number of aryl methyl sites for hydroxylation is 1. The summed E-state index contributed by atoms with van der Waals surface area (Å²) < 4.78 is 5.70. The van der Waals surface area contributed by atoms with Crippen LogP contribution >= 0.6 is 0 Å². The molecule has 2 fully saturated rings. The predicted octanol–water partition coefficient (Wildman–Crippen LogP) is 3.58. The number of piperidine rings is 1. The Morgan fingerprint density at radius 2 is 1.94 bits per heavy atom. The van der Waals surface area contributed by atoms with E-state index in [2.05, 4.69) is 71.1 Å². The molecule has 2 N–H and O–H groups in total. The van der Waals surface area contributed by atoms with Crippen molar-refractivity contribution in [1.82, 2.24) is 15.5 Å².